The number of benzene rings is 2. The number of aliphatic hydroxyl groups is 1. The molecule has 1 aliphatic heterocycles. The van der Waals surface area contributed by atoms with Crippen molar-refractivity contribution in [3.05, 3.63) is 87.2 Å². The van der Waals surface area contributed by atoms with Crippen LogP contribution in [0.25, 0.3) is 0 Å². The van der Waals surface area contributed by atoms with Gasteiger partial charge in [-0.25, -0.2) is 4.79 Å². The summed E-state index contributed by atoms with van der Waals surface area (Å²) in [5.74, 6) is -1.60. The first-order valence-electron chi connectivity index (χ1n) is 11.4. The van der Waals surface area contributed by atoms with Crippen molar-refractivity contribution in [1.82, 2.24) is 4.98 Å². The largest absolute Gasteiger partial charge is 0.461 e. The van der Waals surface area contributed by atoms with Crippen molar-refractivity contribution in [1.29, 1.82) is 0 Å². The number of ether oxygens (including phenoxy) is 1. The number of Topliss-reactive ketones (excluding diaryl/α,β-unsaturated/α-hetero) is 1. The number of amides is 1. The van der Waals surface area contributed by atoms with Gasteiger partial charge in [-0.2, -0.15) is 0 Å². The number of halogens is 1. The van der Waals surface area contributed by atoms with Crippen molar-refractivity contribution in [2.24, 2.45) is 0 Å². The predicted octanol–water partition coefficient (Wildman–Crippen LogP) is 4.51. The van der Waals surface area contributed by atoms with E-state index in [2.05, 4.69) is 4.98 Å². The number of hydrogen-bond donors (Lipinski definition) is 2. The second-order valence-electron chi connectivity index (χ2n) is 8.66. The van der Waals surface area contributed by atoms with E-state index in [-0.39, 0.29) is 17.9 Å². The smallest absolute Gasteiger partial charge is 0.355 e. The quantitative estimate of drug-likeness (QED) is 0.354. The van der Waals surface area contributed by atoms with Crippen LogP contribution in [0, 0.1) is 13.8 Å². The zero-order chi connectivity index (χ0) is 25.3. The molecule has 1 aromatic heterocycles. The van der Waals surface area contributed by atoms with Crippen LogP contribution in [-0.4, -0.2) is 40.9 Å². The molecule has 1 aliphatic rings. The molecule has 4 rings (SSSR count). The Balaban J connectivity index is 1.65. The molecule has 0 saturated heterocycles. The van der Waals surface area contributed by atoms with E-state index in [0.717, 1.165) is 5.56 Å². The summed E-state index contributed by atoms with van der Waals surface area (Å²) in [6, 6.07) is 14.6. The van der Waals surface area contributed by atoms with Crippen LogP contribution in [0.3, 0.4) is 0 Å². The minimum absolute atomic E-state index is 0.186. The highest BCUT2D eigenvalue weighted by atomic mass is 35.5. The monoisotopic (exact) mass is 494 g/mol. The number of carbonyl (C=O) groups excluding carboxylic acids is 3. The van der Waals surface area contributed by atoms with E-state index >= 15 is 0 Å². The molecule has 0 saturated carbocycles. The van der Waals surface area contributed by atoms with Crippen molar-refractivity contribution in [2.45, 2.75) is 39.2 Å². The zero-order valence-electron chi connectivity index (χ0n) is 19.9. The van der Waals surface area contributed by atoms with Gasteiger partial charge in [-0.1, -0.05) is 41.9 Å². The van der Waals surface area contributed by atoms with Gasteiger partial charge in [-0.05, 0) is 56.5 Å². The summed E-state index contributed by atoms with van der Waals surface area (Å²) in [6.45, 7) is 5.54. The maximum atomic E-state index is 13.6. The van der Waals surface area contributed by atoms with Crippen molar-refractivity contribution < 1.29 is 24.2 Å². The first kappa shape index (κ1) is 24.7. The summed E-state index contributed by atoms with van der Waals surface area (Å²) >= 11 is 6.21. The Labute approximate surface area is 208 Å². The number of esters is 1. The van der Waals surface area contributed by atoms with Crippen molar-refractivity contribution in [2.75, 3.05) is 18.1 Å². The lowest BCUT2D eigenvalue weighted by Gasteiger charge is -2.23. The van der Waals surface area contributed by atoms with E-state index in [1.54, 1.807) is 32.9 Å². The van der Waals surface area contributed by atoms with Gasteiger partial charge in [0.15, 0.2) is 11.4 Å². The highest BCUT2D eigenvalue weighted by Gasteiger charge is 2.51. The Kier molecular flexibility index (Phi) is 6.83. The minimum Gasteiger partial charge on any atom is -0.461 e. The van der Waals surface area contributed by atoms with Gasteiger partial charge in [0.2, 0.25) is 0 Å². The number of nitrogens with zero attached hydrogens (tertiary/aromatic N) is 1. The average Bonchev–Trinajstić information content (AvgIpc) is 3.23. The molecule has 0 bridgehead atoms. The SMILES string of the molecule is CCOC(=O)c1[nH]c(C)c(C(=O)CC2(O)C(=O)N(CCc3ccccc3)c3ccc(Cl)cc32)c1C. The van der Waals surface area contributed by atoms with Crippen LogP contribution in [0.15, 0.2) is 48.5 Å². The third kappa shape index (κ3) is 4.49. The number of aromatic amines is 1. The first-order chi connectivity index (χ1) is 16.7. The highest BCUT2D eigenvalue weighted by Crippen LogP contribution is 2.44. The fraction of sp³-hybridized carbons (Fsp3) is 0.296. The second-order valence-corrected chi connectivity index (χ2v) is 9.10. The van der Waals surface area contributed by atoms with Gasteiger partial charge in [0, 0.05) is 28.4 Å². The molecule has 182 valence electrons. The number of ketones is 1. The fourth-order valence-corrected chi connectivity index (χ4v) is 4.87. The lowest BCUT2D eigenvalue weighted by Crippen LogP contribution is -2.42. The number of anilines is 1. The number of rotatable bonds is 8. The van der Waals surface area contributed by atoms with Crippen molar-refractivity contribution >= 4 is 34.9 Å². The van der Waals surface area contributed by atoms with Crippen molar-refractivity contribution in [3.8, 4) is 0 Å². The molecule has 8 heteroatoms. The number of aryl methyl sites for hydroxylation is 1. The summed E-state index contributed by atoms with van der Waals surface area (Å²) in [5.41, 5.74) is 1.14. The average molecular weight is 495 g/mol. The standard InChI is InChI=1S/C27H27ClN2O5/c1-4-35-25(32)24-16(2)23(17(3)29-24)22(31)15-27(34)20-14-19(28)10-11-21(20)30(26(27)33)13-12-18-8-6-5-7-9-18/h5-11,14,29,34H,4,12-13,15H2,1-3H3. The number of H-pyrrole nitrogens is 1. The minimum atomic E-state index is -2.08. The first-order valence-corrected chi connectivity index (χ1v) is 11.8. The molecule has 0 radical (unpaired) electrons. The van der Waals surface area contributed by atoms with E-state index in [0.29, 0.717) is 40.5 Å². The molecule has 2 N–H and O–H groups in total. The predicted molar refractivity (Wildman–Crippen MR) is 133 cm³/mol. The van der Waals surface area contributed by atoms with Crippen LogP contribution in [0.1, 0.15) is 56.6 Å². The Morgan fingerprint density at radius 1 is 1.14 bits per heavy atom. The van der Waals surface area contributed by atoms with Gasteiger partial charge in [-0.15, -0.1) is 0 Å². The maximum Gasteiger partial charge on any atom is 0.355 e. The van der Waals surface area contributed by atoms with E-state index in [9.17, 15) is 19.5 Å². The molecule has 1 atom stereocenters. The van der Waals surface area contributed by atoms with Gasteiger partial charge in [0.1, 0.15) is 5.69 Å². The molecule has 0 aliphatic carbocycles. The van der Waals surface area contributed by atoms with E-state index in [1.165, 1.54) is 11.0 Å². The fourth-order valence-electron chi connectivity index (χ4n) is 4.70. The summed E-state index contributed by atoms with van der Waals surface area (Å²) < 4.78 is 5.06. The zero-order valence-corrected chi connectivity index (χ0v) is 20.6. The van der Waals surface area contributed by atoms with Crippen LogP contribution < -0.4 is 4.90 Å². The summed E-state index contributed by atoms with van der Waals surface area (Å²) in [6.07, 6.45) is 0.0976. The molecular formula is C27H27ClN2O5. The second kappa shape index (κ2) is 9.68. The molecule has 7 nitrogen and oxygen atoms in total. The van der Waals surface area contributed by atoms with E-state index in [4.69, 9.17) is 16.3 Å². The highest BCUT2D eigenvalue weighted by molar-refractivity contribution is 6.31. The van der Waals surface area contributed by atoms with Crippen LogP contribution in [0.2, 0.25) is 5.02 Å². The van der Waals surface area contributed by atoms with Crippen molar-refractivity contribution in [3.63, 3.8) is 0 Å². The van der Waals surface area contributed by atoms with Gasteiger partial charge in [0.05, 0.1) is 18.7 Å². The maximum absolute atomic E-state index is 13.6. The summed E-state index contributed by atoms with van der Waals surface area (Å²) in [7, 11) is 0. The molecule has 1 unspecified atom stereocenters. The summed E-state index contributed by atoms with van der Waals surface area (Å²) in [5, 5.41) is 12.0. The Morgan fingerprint density at radius 3 is 2.54 bits per heavy atom. The number of nitrogens with one attached hydrogen (secondary N) is 1. The van der Waals surface area contributed by atoms with Gasteiger partial charge in [-0.3, -0.25) is 9.59 Å². The molecule has 1 amide bonds. The normalized spacial score (nSPS) is 16.9. The topological polar surface area (TPSA) is 99.7 Å². The Hall–Kier alpha value is -3.42. The van der Waals surface area contributed by atoms with Crippen LogP contribution in [0.5, 0.6) is 0 Å². The number of aromatic nitrogens is 1. The lowest BCUT2D eigenvalue weighted by atomic mass is 9.87. The lowest BCUT2D eigenvalue weighted by molar-refractivity contribution is -0.135. The van der Waals surface area contributed by atoms with Crippen LogP contribution >= 0.6 is 11.6 Å². The van der Waals surface area contributed by atoms with E-state index < -0.39 is 29.7 Å². The molecule has 2 heterocycles. The number of fused-ring (bicyclic) bond motifs is 1. The third-order valence-electron chi connectivity index (χ3n) is 6.37. The summed E-state index contributed by atoms with van der Waals surface area (Å²) in [4.78, 5) is 43.7. The van der Waals surface area contributed by atoms with E-state index in [1.807, 2.05) is 30.3 Å². The molecular weight excluding hydrogens is 468 g/mol. The van der Waals surface area contributed by atoms with Gasteiger partial charge in [0.25, 0.3) is 5.91 Å². The number of hydrogen-bond acceptors (Lipinski definition) is 5. The Morgan fingerprint density at radius 2 is 1.86 bits per heavy atom. The Bertz CT molecular complexity index is 1300. The molecule has 0 fully saturated rings. The molecule has 2 aromatic carbocycles. The molecule has 0 spiro atoms. The van der Waals surface area contributed by atoms with Crippen LogP contribution in [0.4, 0.5) is 5.69 Å². The third-order valence-corrected chi connectivity index (χ3v) is 6.61. The molecule has 35 heavy (non-hydrogen) atoms. The van der Waals surface area contributed by atoms with Crippen LogP contribution in [-0.2, 0) is 21.6 Å². The molecule has 3 aromatic rings. The van der Waals surface area contributed by atoms with Gasteiger partial charge < -0.3 is 19.7 Å². The number of carbonyl (C=O) groups is 3. The van der Waals surface area contributed by atoms with Gasteiger partial charge >= 0.3 is 5.97 Å².